The van der Waals surface area contributed by atoms with Gasteiger partial charge in [0.15, 0.2) is 5.96 Å². The Morgan fingerprint density at radius 3 is 2.97 bits per heavy atom. The molecule has 1 saturated heterocycles. The number of guanidine groups is 1. The van der Waals surface area contributed by atoms with E-state index in [2.05, 4.69) is 22.4 Å². The lowest BCUT2D eigenvalue weighted by atomic mass is 9.76. The zero-order valence-electron chi connectivity index (χ0n) is 17.7. The number of nitrogens with zero attached hydrogens (tertiary/aromatic N) is 3. The predicted octanol–water partition coefficient (Wildman–Crippen LogP) is 3.61. The van der Waals surface area contributed by atoms with Crippen molar-refractivity contribution in [1.29, 1.82) is 10.7 Å². The molecule has 2 atom stereocenters. The Bertz CT molecular complexity index is 1290. The lowest BCUT2D eigenvalue weighted by molar-refractivity contribution is -0.131. The van der Waals surface area contributed by atoms with E-state index in [1.807, 2.05) is 30.5 Å². The van der Waals surface area contributed by atoms with Gasteiger partial charge in [0.2, 0.25) is 5.91 Å². The van der Waals surface area contributed by atoms with Crippen LogP contribution in [0.1, 0.15) is 34.4 Å². The van der Waals surface area contributed by atoms with Crippen molar-refractivity contribution in [3.8, 4) is 22.9 Å². The van der Waals surface area contributed by atoms with Crippen LogP contribution in [0.3, 0.4) is 0 Å². The predicted molar refractivity (Wildman–Crippen MR) is 122 cm³/mol. The van der Waals surface area contributed by atoms with Crippen LogP contribution < -0.4 is 10.1 Å². The van der Waals surface area contributed by atoms with Crippen LogP contribution in [-0.4, -0.2) is 35.4 Å². The topological polar surface area (TPSA) is 102 Å². The Kier molecular flexibility index (Phi) is 4.72. The maximum absolute atomic E-state index is 13.5. The fourth-order valence-electron chi connectivity index (χ4n) is 4.44. The second-order valence-corrected chi connectivity index (χ2v) is 9.16. The van der Waals surface area contributed by atoms with Crippen molar-refractivity contribution in [1.82, 2.24) is 15.2 Å². The third kappa shape index (κ3) is 3.13. The molecule has 2 aliphatic heterocycles. The van der Waals surface area contributed by atoms with E-state index in [9.17, 15) is 10.1 Å². The smallest absolute Gasteiger partial charge is 0.239 e. The molecular weight excluding hydrogens is 422 g/mol. The Labute approximate surface area is 189 Å². The van der Waals surface area contributed by atoms with Gasteiger partial charge >= 0.3 is 0 Å². The molecule has 1 fully saturated rings. The van der Waals surface area contributed by atoms with Crippen LogP contribution in [0.25, 0.3) is 11.1 Å². The molecule has 1 amide bonds. The molecule has 8 heteroatoms. The number of amides is 1. The fraction of sp³-hybridized carbons (Fsp3) is 0.250. The lowest BCUT2D eigenvalue weighted by Crippen LogP contribution is -2.62. The molecule has 2 aliphatic rings. The van der Waals surface area contributed by atoms with Crippen molar-refractivity contribution in [2.24, 2.45) is 0 Å². The molecular formula is C24H21N5O2S. The molecule has 7 nitrogen and oxygen atoms in total. The molecule has 0 unspecified atom stereocenters. The number of pyridine rings is 1. The third-order valence-electron chi connectivity index (χ3n) is 6.23. The molecule has 160 valence electrons. The highest BCUT2D eigenvalue weighted by molar-refractivity contribution is 7.10. The summed E-state index contributed by atoms with van der Waals surface area (Å²) in [6.45, 7) is 2.63. The third-order valence-corrected chi connectivity index (χ3v) is 7.39. The number of aromatic nitrogens is 1. The number of nitriles is 1. The SMILES string of the molecule is CN1C(=N)N[C@](C)(c2cc(-c3cncc(C#N)c3)cs2)[C@H](c2ccc3c(c2)CCO3)C1=O. The molecule has 2 N–H and O–H groups in total. The number of hydrogen-bond donors (Lipinski definition) is 2. The van der Waals surface area contributed by atoms with Crippen LogP contribution in [0.5, 0.6) is 5.75 Å². The Hall–Kier alpha value is -3.70. The summed E-state index contributed by atoms with van der Waals surface area (Å²) < 4.78 is 5.64. The number of hydrogen-bond acceptors (Lipinski definition) is 6. The quantitative estimate of drug-likeness (QED) is 0.644. The molecule has 3 aromatic rings. The van der Waals surface area contributed by atoms with E-state index >= 15 is 0 Å². The van der Waals surface area contributed by atoms with Gasteiger partial charge in [-0.05, 0) is 47.2 Å². The number of likely N-dealkylation sites (N-methyl/N-ethyl adjacent to an activating group) is 1. The normalized spacial score (nSPS) is 22.2. The molecule has 0 spiro atoms. The number of carbonyl (C=O) groups excluding carboxylic acids is 1. The Morgan fingerprint density at radius 1 is 1.31 bits per heavy atom. The fourth-order valence-corrected chi connectivity index (χ4v) is 5.50. The van der Waals surface area contributed by atoms with E-state index in [0.717, 1.165) is 39.3 Å². The minimum absolute atomic E-state index is 0.0707. The van der Waals surface area contributed by atoms with E-state index < -0.39 is 11.5 Å². The van der Waals surface area contributed by atoms with Crippen molar-refractivity contribution < 1.29 is 9.53 Å². The molecule has 32 heavy (non-hydrogen) atoms. The summed E-state index contributed by atoms with van der Waals surface area (Å²) in [5.41, 5.74) is 3.46. The zero-order chi connectivity index (χ0) is 22.5. The van der Waals surface area contributed by atoms with Crippen molar-refractivity contribution in [3.05, 3.63) is 69.7 Å². The van der Waals surface area contributed by atoms with Crippen LogP contribution in [0.4, 0.5) is 0 Å². The minimum atomic E-state index is -0.808. The molecule has 0 aliphatic carbocycles. The first kappa shape index (κ1) is 20.2. The minimum Gasteiger partial charge on any atom is -0.493 e. The van der Waals surface area contributed by atoms with E-state index in [1.54, 1.807) is 19.3 Å². The molecule has 1 aromatic carbocycles. The monoisotopic (exact) mass is 443 g/mol. The number of rotatable bonds is 3. The maximum Gasteiger partial charge on any atom is 0.239 e. The average Bonchev–Trinajstić information content (AvgIpc) is 3.47. The van der Waals surface area contributed by atoms with Crippen molar-refractivity contribution >= 4 is 23.2 Å². The second kappa shape index (κ2) is 7.46. The molecule has 5 rings (SSSR count). The Morgan fingerprint density at radius 2 is 2.16 bits per heavy atom. The largest absolute Gasteiger partial charge is 0.493 e. The lowest BCUT2D eigenvalue weighted by Gasteiger charge is -2.45. The van der Waals surface area contributed by atoms with Gasteiger partial charge in [-0.3, -0.25) is 20.1 Å². The van der Waals surface area contributed by atoms with E-state index in [0.29, 0.717) is 12.2 Å². The molecule has 0 bridgehead atoms. The number of ether oxygens (including phenoxy) is 1. The number of benzene rings is 1. The van der Waals surface area contributed by atoms with Gasteiger partial charge in [-0.25, -0.2) is 0 Å². The van der Waals surface area contributed by atoms with E-state index in [1.165, 1.54) is 22.4 Å². The highest BCUT2D eigenvalue weighted by Crippen LogP contribution is 2.45. The average molecular weight is 444 g/mol. The van der Waals surface area contributed by atoms with Crippen molar-refractivity contribution in [2.45, 2.75) is 24.8 Å². The Balaban J connectivity index is 1.60. The van der Waals surface area contributed by atoms with Gasteiger partial charge in [-0.1, -0.05) is 12.1 Å². The van der Waals surface area contributed by atoms with Gasteiger partial charge in [0.25, 0.3) is 0 Å². The summed E-state index contributed by atoms with van der Waals surface area (Å²) >= 11 is 1.53. The number of fused-ring (bicyclic) bond motifs is 1. The second-order valence-electron chi connectivity index (χ2n) is 8.25. The summed E-state index contributed by atoms with van der Waals surface area (Å²) in [6.07, 6.45) is 4.08. The standard InChI is InChI=1S/C24H21N5O2S/c1-24(20-9-18(13-32-20)17-7-14(10-25)11-27-12-17)21(22(30)29(2)23(26)28-24)16-3-4-19-15(8-16)5-6-31-19/h3-4,7-9,11-13,21H,5-6H2,1-2H3,(H2,26,28)/t21-,24-/m1/s1. The van der Waals surface area contributed by atoms with Gasteiger partial charge < -0.3 is 10.1 Å². The molecule has 2 aromatic heterocycles. The summed E-state index contributed by atoms with van der Waals surface area (Å²) in [4.78, 5) is 19.9. The molecule has 4 heterocycles. The van der Waals surface area contributed by atoms with Gasteiger partial charge in [-0.2, -0.15) is 5.26 Å². The first-order chi connectivity index (χ1) is 15.4. The van der Waals surface area contributed by atoms with Crippen molar-refractivity contribution in [2.75, 3.05) is 13.7 Å². The van der Waals surface area contributed by atoms with Gasteiger partial charge in [0.1, 0.15) is 11.8 Å². The number of thiophene rings is 1. The van der Waals surface area contributed by atoms with Gasteiger partial charge in [0, 0.05) is 36.3 Å². The highest BCUT2D eigenvalue weighted by Gasteiger charge is 2.49. The van der Waals surface area contributed by atoms with Crippen molar-refractivity contribution in [3.63, 3.8) is 0 Å². The van der Waals surface area contributed by atoms with E-state index in [-0.39, 0.29) is 11.9 Å². The van der Waals surface area contributed by atoms with Gasteiger partial charge in [0.05, 0.1) is 23.6 Å². The summed E-state index contributed by atoms with van der Waals surface area (Å²) in [5.74, 6) is 0.304. The maximum atomic E-state index is 13.5. The summed E-state index contributed by atoms with van der Waals surface area (Å²) in [7, 11) is 1.62. The van der Waals surface area contributed by atoms with Crippen LogP contribution in [0, 0.1) is 16.7 Å². The van der Waals surface area contributed by atoms with Crippen LogP contribution in [-0.2, 0) is 16.8 Å². The van der Waals surface area contributed by atoms with Crippen LogP contribution in [0.15, 0.2) is 48.1 Å². The first-order valence-corrected chi connectivity index (χ1v) is 11.1. The molecule has 0 radical (unpaired) electrons. The number of carbonyl (C=O) groups is 1. The van der Waals surface area contributed by atoms with Crippen LogP contribution >= 0.6 is 11.3 Å². The molecule has 0 saturated carbocycles. The number of nitrogens with one attached hydrogen (secondary N) is 2. The van der Waals surface area contributed by atoms with Crippen LogP contribution in [0.2, 0.25) is 0 Å². The zero-order valence-corrected chi connectivity index (χ0v) is 18.5. The van der Waals surface area contributed by atoms with E-state index in [4.69, 9.17) is 10.1 Å². The highest BCUT2D eigenvalue weighted by atomic mass is 32.1. The van der Waals surface area contributed by atoms with Gasteiger partial charge in [-0.15, -0.1) is 11.3 Å². The summed E-state index contributed by atoms with van der Waals surface area (Å²) in [6, 6.07) is 11.9. The summed E-state index contributed by atoms with van der Waals surface area (Å²) in [5, 5.41) is 22.9. The first-order valence-electron chi connectivity index (χ1n) is 10.2.